The number of halogens is 1. The number of amides is 1. The molecule has 0 atom stereocenters. The summed E-state index contributed by atoms with van der Waals surface area (Å²) in [5, 5.41) is 2.67. The fourth-order valence-electron chi connectivity index (χ4n) is 3.15. The zero-order valence-corrected chi connectivity index (χ0v) is 16.4. The topological polar surface area (TPSA) is 69.7 Å². The molecule has 0 saturated carbocycles. The van der Waals surface area contributed by atoms with Crippen LogP contribution in [0.4, 0.5) is 10.1 Å². The first-order valence-electron chi connectivity index (χ1n) is 9.27. The number of hydrogen-bond donors (Lipinski definition) is 1. The minimum Gasteiger partial charge on any atom is -0.369 e. The van der Waals surface area contributed by atoms with Crippen molar-refractivity contribution in [3.8, 4) is 0 Å². The standard InChI is InChI=1S/C20H24FN3O3S/c21-18-9-7-17(8-10-18)20(25)22-11-4-16-28(26,27)24-14-12-23(13-15-24)19-5-2-1-3-6-19/h1-3,5-10H,4,11-16H2,(H,22,25). The molecule has 1 N–H and O–H groups in total. The largest absolute Gasteiger partial charge is 0.369 e. The van der Waals surface area contributed by atoms with Crippen molar-refractivity contribution < 1.29 is 17.6 Å². The van der Waals surface area contributed by atoms with Gasteiger partial charge in [-0.1, -0.05) is 18.2 Å². The lowest BCUT2D eigenvalue weighted by molar-refractivity contribution is 0.0953. The van der Waals surface area contributed by atoms with Crippen LogP contribution in [0.5, 0.6) is 0 Å². The highest BCUT2D eigenvalue weighted by molar-refractivity contribution is 7.89. The maximum atomic E-state index is 12.9. The van der Waals surface area contributed by atoms with Gasteiger partial charge in [0.05, 0.1) is 5.75 Å². The molecule has 0 bridgehead atoms. The van der Waals surface area contributed by atoms with Crippen molar-refractivity contribution in [2.75, 3.05) is 43.4 Å². The van der Waals surface area contributed by atoms with Gasteiger partial charge >= 0.3 is 0 Å². The van der Waals surface area contributed by atoms with Crippen LogP contribution in [-0.4, -0.2) is 57.1 Å². The molecule has 1 saturated heterocycles. The van der Waals surface area contributed by atoms with E-state index in [2.05, 4.69) is 10.2 Å². The van der Waals surface area contributed by atoms with Crippen LogP contribution in [0.25, 0.3) is 0 Å². The lowest BCUT2D eigenvalue weighted by atomic mass is 10.2. The Morgan fingerprint density at radius 1 is 0.964 bits per heavy atom. The smallest absolute Gasteiger partial charge is 0.251 e. The molecule has 150 valence electrons. The van der Waals surface area contributed by atoms with E-state index in [1.807, 2.05) is 30.3 Å². The van der Waals surface area contributed by atoms with Crippen LogP contribution in [-0.2, 0) is 10.0 Å². The normalized spacial score (nSPS) is 15.4. The van der Waals surface area contributed by atoms with Crippen LogP contribution in [0.1, 0.15) is 16.8 Å². The van der Waals surface area contributed by atoms with E-state index in [4.69, 9.17) is 0 Å². The molecule has 0 unspecified atom stereocenters. The summed E-state index contributed by atoms with van der Waals surface area (Å²) in [5.74, 6) is -0.758. The SMILES string of the molecule is O=C(NCCCS(=O)(=O)N1CCN(c2ccccc2)CC1)c1ccc(F)cc1. The molecule has 0 aliphatic carbocycles. The second kappa shape index (κ2) is 9.16. The molecule has 6 nitrogen and oxygen atoms in total. The first-order valence-corrected chi connectivity index (χ1v) is 10.9. The van der Waals surface area contributed by atoms with Crippen molar-refractivity contribution >= 4 is 21.6 Å². The van der Waals surface area contributed by atoms with Crippen LogP contribution < -0.4 is 10.2 Å². The Labute approximate surface area is 165 Å². The summed E-state index contributed by atoms with van der Waals surface area (Å²) in [5.41, 5.74) is 1.45. The summed E-state index contributed by atoms with van der Waals surface area (Å²) < 4.78 is 39.5. The number of anilines is 1. The van der Waals surface area contributed by atoms with Gasteiger partial charge in [0.25, 0.3) is 5.91 Å². The highest BCUT2D eigenvalue weighted by atomic mass is 32.2. The highest BCUT2D eigenvalue weighted by Gasteiger charge is 2.26. The van der Waals surface area contributed by atoms with Gasteiger partial charge in [-0.3, -0.25) is 4.79 Å². The summed E-state index contributed by atoms with van der Waals surface area (Å²) in [6.07, 6.45) is 0.328. The molecule has 1 aliphatic heterocycles. The maximum Gasteiger partial charge on any atom is 0.251 e. The first kappa shape index (κ1) is 20.3. The molecule has 0 spiro atoms. The van der Waals surface area contributed by atoms with Gasteiger partial charge in [-0.05, 0) is 42.8 Å². The third-order valence-corrected chi connectivity index (χ3v) is 6.68. The van der Waals surface area contributed by atoms with E-state index >= 15 is 0 Å². The Hall–Kier alpha value is -2.45. The molecule has 2 aromatic carbocycles. The van der Waals surface area contributed by atoms with Gasteiger partial charge in [0, 0.05) is 44.0 Å². The van der Waals surface area contributed by atoms with E-state index in [-0.39, 0.29) is 18.2 Å². The molecule has 2 aromatic rings. The van der Waals surface area contributed by atoms with Crippen molar-refractivity contribution in [1.82, 2.24) is 9.62 Å². The van der Waals surface area contributed by atoms with Crippen molar-refractivity contribution in [2.24, 2.45) is 0 Å². The Morgan fingerprint density at radius 2 is 1.61 bits per heavy atom. The number of nitrogens with zero attached hydrogens (tertiary/aromatic N) is 2. The number of hydrogen-bond acceptors (Lipinski definition) is 4. The molecule has 1 aliphatic rings. The minimum absolute atomic E-state index is 0.0119. The minimum atomic E-state index is -3.35. The molecule has 1 amide bonds. The van der Waals surface area contributed by atoms with E-state index in [9.17, 15) is 17.6 Å². The Kier molecular flexibility index (Phi) is 6.64. The van der Waals surface area contributed by atoms with E-state index < -0.39 is 15.8 Å². The average Bonchev–Trinajstić information content (AvgIpc) is 2.72. The third-order valence-electron chi connectivity index (χ3n) is 4.72. The predicted octanol–water partition coefficient (Wildman–Crippen LogP) is 2.10. The lowest BCUT2D eigenvalue weighted by Gasteiger charge is -2.35. The first-order chi connectivity index (χ1) is 13.5. The van der Waals surface area contributed by atoms with Crippen LogP contribution in [0, 0.1) is 5.82 Å². The lowest BCUT2D eigenvalue weighted by Crippen LogP contribution is -2.49. The second-order valence-electron chi connectivity index (χ2n) is 6.65. The highest BCUT2D eigenvalue weighted by Crippen LogP contribution is 2.17. The molecule has 0 radical (unpaired) electrons. The van der Waals surface area contributed by atoms with Gasteiger partial charge in [-0.25, -0.2) is 12.8 Å². The fraction of sp³-hybridized carbons (Fsp3) is 0.350. The number of sulfonamides is 1. The molecular weight excluding hydrogens is 381 g/mol. The van der Waals surface area contributed by atoms with Gasteiger partial charge in [-0.15, -0.1) is 0 Å². The van der Waals surface area contributed by atoms with Gasteiger partial charge < -0.3 is 10.2 Å². The molecule has 28 heavy (non-hydrogen) atoms. The average molecular weight is 405 g/mol. The Morgan fingerprint density at radius 3 is 2.25 bits per heavy atom. The van der Waals surface area contributed by atoms with Crippen LogP contribution in [0.3, 0.4) is 0 Å². The summed E-state index contributed by atoms with van der Waals surface area (Å²) >= 11 is 0. The van der Waals surface area contributed by atoms with Gasteiger partial charge in [-0.2, -0.15) is 4.31 Å². The second-order valence-corrected chi connectivity index (χ2v) is 8.74. The summed E-state index contributed by atoms with van der Waals surface area (Å²) in [4.78, 5) is 14.1. The predicted molar refractivity (Wildman–Crippen MR) is 107 cm³/mol. The summed E-state index contributed by atoms with van der Waals surface area (Å²) in [6.45, 7) is 2.48. The Bertz CT molecular complexity index is 881. The summed E-state index contributed by atoms with van der Waals surface area (Å²) in [6, 6.07) is 15.2. The van der Waals surface area contributed by atoms with Crippen LogP contribution >= 0.6 is 0 Å². The van der Waals surface area contributed by atoms with Crippen LogP contribution in [0.15, 0.2) is 54.6 Å². The molecule has 8 heteroatoms. The molecular formula is C20H24FN3O3S. The number of para-hydroxylation sites is 1. The number of rotatable bonds is 7. The maximum absolute atomic E-state index is 12.9. The monoisotopic (exact) mass is 405 g/mol. The van der Waals surface area contributed by atoms with E-state index in [1.54, 1.807) is 0 Å². The molecule has 3 rings (SSSR count). The summed E-state index contributed by atoms with van der Waals surface area (Å²) in [7, 11) is -3.35. The number of carbonyl (C=O) groups excluding carboxylic acids is 1. The van der Waals surface area contributed by atoms with Crippen molar-refractivity contribution in [1.29, 1.82) is 0 Å². The number of benzene rings is 2. The zero-order chi connectivity index (χ0) is 20.0. The van der Waals surface area contributed by atoms with E-state index in [0.29, 0.717) is 38.2 Å². The quantitative estimate of drug-likeness (QED) is 0.717. The van der Waals surface area contributed by atoms with Gasteiger partial charge in [0.1, 0.15) is 5.82 Å². The van der Waals surface area contributed by atoms with Crippen molar-refractivity contribution in [3.05, 3.63) is 66.0 Å². The van der Waals surface area contributed by atoms with Gasteiger partial charge in [0.15, 0.2) is 0 Å². The third kappa shape index (κ3) is 5.30. The Balaban J connectivity index is 1.42. The number of carbonyl (C=O) groups is 1. The van der Waals surface area contributed by atoms with Crippen molar-refractivity contribution in [3.63, 3.8) is 0 Å². The fourth-order valence-corrected chi connectivity index (χ4v) is 4.64. The van der Waals surface area contributed by atoms with Crippen molar-refractivity contribution in [2.45, 2.75) is 6.42 Å². The van der Waals surface area contributed by atoms with Gasteiger partial charge in [0.2, 0.25) is 10.0 Å². The van der Waals surface area contributed by atoms with E-state index in [0.717, 1.165) is 5.69 Å². The molecule has 1 fully saturated rings. The van der Waals surface area contributed by atoms with E-state index in [1.165, 1.54) is 28.6 Å². The number of piperazine rings is 1. The number of nitrogens with one attached hydrogen (secondary N) is 1. The zero-order valence-electron chi connectivity index (χ0n) is 15.6. The van der Waals surface area contributed by atoms with Crippen LogP contribution in [0.2, 0.25) is 0 Å². The molecule has 1 heterocycles. The molecule has 0 aromatic heterocycles.